The Morgan fingerprint density at radius 1 is 1.43 bits per heavy atom. The average molecular weight is 200 g/mol. The van der Waals surface area contributed by atoms with Crippen molar-refractivity contribution < 1.29 is 14.4 Å². The van der Waals surface area contributed by atoms with Crippen LogP contribution in [-0.4, -0.2) is 23.6 Å². The maximum Gasteiger partial charge on any atom is 0.343 e. The van der Waals surface area contributed by atoms with Crippen molar-refractivity contribution in [3.05, 3.63) is 5.21 Å². The molecule has 1 aliphatic rings. The minimum Gasteiger partial charge on any atom is -0.597 e. The molecule has 0 radical (unpaired) electrons. The van der Waals surface area contributed by atoms with Crippen molar-refractivity contribution >= 4 is 5.97 Å². The van der Waals surface area contributed by atoms with Crippen molar-refractivity contribution in [3.63, 3.8) is 0 Å². The van der Waals surface area contributed by atoms with Crippen molar-refractivity contribution in [3.8, 4) is 0 Å². The van der Waals surface area contributed by atoms with Gasteiger partial charge in [-0.1, -0.05) is 11.3 Å². The van der Waals surface area contributed by atoms with E-state index in [-0.39, 0.29) is 0 Å². The molecular weight excluding hydrogens is 184 g/mol. The van der Waals surface area contributed by atoms with E-state index in [0.29, 0.717) is 17.7 Å². The molecular formula is C9H16N2O3. The number of hydrogen-bond donors (Lipinski definition) is 0. The predicted molar refractivity (Wildman–Crippen MR) is 49.6 cm³/mol. The molecule has 5 nitrogen and oxygen atoms in total. The Hall–Kier alpha value is -1.13. The summed E-state index contributed by atoms with van der Waals surface area (Å²) in [6, 6.07) is 0. The molecule has 1 saturated carbocycles. The zero-order chi connectivity index (χ0) is 10.6. The summed E-state index contributed by atoms with van der Waals surface area (Å²) in [4.78, 5) is 11.4. The van der Waals surface area contributed by atoms with Gasteiger partial charge in [0.15, 0.2) is 0 Å². The first kappa shape index (κ1) is 10.9. The van der Waals surface area contributed by atoms with Crippen molar-refractivity contribution in [2.45, 2.75) is 44.8 Å². The lowest BCUT2D eigenvalue weighted by Crippen LogP contribution is -2.44. The van der Waals surface area contributed by atoms with Crippen molar-refractivity contribution in [2.75, 3.05) is 7.05 Å². The summed E-state index contributed by atoms with van der Waals surface area (Å²) in [7, 11) is 1.41. The number of carbonyl (C=O) groups is 1. The standard InChI is InChI=1S/C9H16N2O3/c1-8(12)14-9(11(13)10-2)6-4-3-5-7-9/h3-7H2,1-2H3. The van der Waals surface area contributed by atoms with E-state index in [9.17, 15) is 10.0 Å². The van der Waals surface area contributed by atoms with Gasteiger partial charge in [-0.2, -0.15) is 0 Å². The largest absolute Gasteiger partial charge is 0.597 e. The summed E-state index contributed by atoms with van der Waals surface area (Å²) in [5, 5.41) is 15.0. The second-order valence-corrected chi connectivity index (χ2v) is 3.57. The molecule has 0 aromatic carbocycles. The van der Waals surface area contributed by atoms with Gasteiger partial charge >= 0.3 is 11.7 Å². The van der Waals surface area contributed by atoms with E-state index in [1.165, 1.54) is 14.0 Å². The first-order valence-electron chi connectivity index (χ1n) is 4.87. The average Bonchev–Trinajstić information content (AvgIpc) is 2.17. The minimum absolute atomic E-state index is 0.420. The normalized spacial score (nSPS) is 21.7. The van der Waals surface area contributed by atoms with Gasteiger partial charge in [0.25, 0.3) is 0 Å². The number of ether oxygens (including phenoxy) is 1. The molecule has 1 fully saturated rings. The quantitative estimate of drug-likeness (QED) is 0.224. The van der Waals surface area contributed by atoms with Crippen LogP contribution in [0.25, 0.3) is 0 Å². The highest BCUT2D eigenvalue weighted by Crippen LogP contribution is 2.32. The lowest BCUT2D eigenvalue weighted by molar-refractivity contribution is -0.661. The minimum atomic E-state index is -1.03. The Kier molecular flexibility index (Phi) is 3.43. The Balaban J connectivity index is 2.82. The fraction of sp³-hybridized carbons (Fsp3) is 0.889. The Morgan fingerprint density at radius 2 is 2.00 bits per heavy atom. The molecule has 0 aromatic heterocycles. The molecule has 14 heavy (non-hydrogen) atoms. The number of rotatable bonds is 2. The number of hydroxylamine groups is 1. The number of hydrogen-bond acceptors (Lipinski definition) is 4. The van der Waals surface area contributed by atoms with E-state index in [0.717, 1.165) is 19.3 Å². The SMILES string of the molecule is CN=[N+]([O-])C1(OC(C)=O)CCCCC1. The van der Waals surface area contributed by atoms with Gasteiger partial charge in [0, 0.05) is 6.92 Å². The second kappa shape index (κ2) is 4.39. The first-order chi connectivity index (χ1) is 6.60. The van der Waals surface area contributed by atoms with Crippen LogP contribution in [0, 0.1) is 5.21 Å². The molecule has 0 heterocycles. The number of nitrogens with zero attached hydrogens (tertiary/aromatic N) is 2. The summed E-state index contributed by atoms with van der Waals surface area (Å²) in [6.07, 6.45) is 4.05. The zero-order valence-corrected chi connectivity index (χ0v) is 8.65. The second-order valence-electron chi connectivity index (χ2n) is 3.57. The van der Waals surface area contributed by atoms with E-state index in [4.69, 9.17) is 4.74 Å². The molecule has 0 atom stereocenters. The maximum absolute atomic E-state index is 11.5. The number of carbonyl (C=O) groups excluding carboxylic acids is 1. The van der Waals surface area contributed by atoms with Crippen LogP contribution in [0.3, 0.4) is 0 Å². The molecule has 0 unspecified atom stereocenters. The highest BCUT2D eigenvalue weighted by Gasteiger charge is 2.45. The smallest absolute Gasteiger partial charge is 0.343 e. The fourth-order valence-electron chi connectivity index (χ4n) is 1.89. The number of esters is 1. The van der Waals surface area contributed by atoms with Gasteiger partial charge in [-0.3, -0.25) is 4.79 Å². The van der Waals surface area contributed by atoms with Crippen molar-refractivity contribution in [2.24, 2.45) is 5.11 Å². The van der Waals surface area contributed by atoms with Gasteiger partial charge in [0.1, 0.15) is 0 Å². The van der Waals surface area contributed by atoms with Gasteiger partial charge in [-0.25, -0.2) is 0 Å². The van der Waals surface area contributed by atoms with Gasteiger partial charge in [0.05, 0.1) is 19.9 Å². The van der Waals surface area contributed by atoms with Gasteiger partial charge in [-0.15, -0.1) is 0 Å². The molecule has 80 valence electrons. The lowest BCUT2D eigenvalue weighted by atomic mass is 9.92. The third-order valence-electron chi connectivity index (χ3n) is 2.50. The molecule has 0 aliphatic heterocycles. The summed E-state index contributed by atoms with van der Waals surface area (Å²) in [6.45, 7) is 1.32. The molecule has 0 spiro atoms. The predicted octanol–water partition coefficient (Wildman–Crippen LogP) is 1.80. The van der Waals surface area contributed by atoms with E-state index in [2.05, 4.69) is 5.11 Å². The highest BCUT2D eigenvalue weighted by atomic mass is 16.6. The third-order valence-corrected chi connectivity index (χ3v) is 2.50. The molecule has 5 heteroatoms. The van der Waals surface area contributed by atoms with E-state index >= 15 is 0 Å². The van der Waals surface area contributed by atoms with Crippen molar-refractivity contribution in [1.29, 1.82) is 0 Å². The third kappa shape index (κ3) is 2.21. The van der Waals surface area contributed by atoms with E-state index in [1.54, 1.807) is 0 Å². The fourth-order valence-corrected chi connectivity index (χ4v) is 1.89. The van der Waals surface area contributed by atoms with E-state index in [1.807, 2.05) is 0 Å². The Labute approximate surface area is 83.3 Å². The van der Waals surface area contributed by atoms with E-state index < -0.39 is 11.7 Å². The lowest BCUT2D eigenvalue weighted by Gasteiger charge is -2.31. The highest BCUT2D eigenvalue weighted by molar-refractivity contribution is 5.66. The van der Waals surface area contributed by atoms with Crippen LogP contribution < -0.4 is 0 Å². The Bertz CT molecular complexity index is 244. The monoisotopic (exact) mass is 200 g/mol. The molecule has 1 aliphatic carbocycles. The van der Waals surface area contributed by atoms with Crippen LogP contribution >= 0.6 is 0 Å². The molecule has 0 bridgehead atoms. The first-order valence-corrected chi connectivity index (χ1v) is 4.87. The van der Waals surface area contributed by atoms with Gasteiger partial charge < -0.3 is 9.94 Å². The molecule has 0 saturated heterocycles. The van der Waals surface area contributed by atoms with Crippen LogP contribution in [-0.2, 0) is 9.53 Å². The summed E-state index contributed by atoms with van der Waals surface area (Å²) in [5.74, 6) is -0.420. The number of azo groups is 1. The Morgan fingerprint density at radius 3 is 2.43 bits per heavy atom. The van der Waals surface area contributed by atoms with Crippen LogP contribution in [0.1, 0.15) is 39.0 Å². The van der Waals surface area contributed by atoms with Gasteiger partial charge in [-0.05, 0) is 18.0 Å². The molecule has 0 N–H and O–H groups in total. The van der Waals surface area contributed by atoms with Crippen LogP contribution in [0.4, 0.5) is 0 Å². The topological polar surface area (TPSA) is 64.7 Å². The molecule has 1 rings (SSSR count). The molecule has 0 amide bonds. The summed E-state index contributed by atoms with van der Waals surface area (Å²) in [5.41, 5.74) is -1.03. The van der Waals surface area contributed by atoms with Crippen LogP contribution in [0.2, 0.25) is 0 Å². The summed E-state index contributed by atoms with van der Waals surface area (Å²) >= 11 is 0. The van der Waals surface area contributed by atoms with Gasteiger partial charge in [0.2, 0.25) is 0 Å². The zero-order valence-electron chi connectivity index (χ0n) is 8.65. The van der Waals surface area contributed by atoms with Crippen LogP contribution in [0.5, 0.6) is 0 Å². The maximum atomic E-state index is 11.5. The molecule has 0 aromatic rings. The van der Waals surface area contributed by atoms with Crippen LogP contribution in [0.15, 0.2) is 5.11 Å². The summed E-state index contributed by atoms with van der Waals surface area (Å²) < 4.78 is 5.11. The van der Waals surface area contributed by atoms with Crippen molar-refractivity contribution in [1.82, 2.24) is 0 Å².